The van der Waals surface area contributed by atoms with E-state index < -0.39 is 27.4 Å². The summed E-state index contributed by atoms with van der Waals surface area (Å²) in [4.78, 5) is 11.2. The van der Waals surface area contributed by atoms with Gasteiger partial charge in [0.2, 0.25) is 0 Å². The van der Waals surface area contributed by atoms with Gasteiger partial charge in [-0.25, -0.2) is 4.79 Å². The van der Waals surface area contributed by atoms with Crippen LogP contribution in [0.15, 0.2) is 28.9 Å². The first kappa shape index (κ1) is 16.1. The standard InChI is InChI=1S/C10H9F3O6S/c1-2-17-9(14)6-8(7-4-3-5-18-7)19-20(15,16)10(11,12)13/h3-6H,2H2,1H3/b8-6-. The lowest BCUT2D eigenvalue weighted by atomic mass is 10.3. The van der Waals surface area contributed by atoms with Crippen LogP contribution < -0.4 is 0 Å². The molecule has 0 radical (unpaired) electrons. The fraction of sp³-hybridized carbons (Fsp3) is 0.300. The second-order valence-corrected chi connectivity index (χ2v) is 4.76. The fourth-order valence-electron chi connectivity index (χ4n) is 1.01. The highest BCUT2D eigenvalue weighted by Gasteiger charge is 2.49. The third-order valence-corrected chi connectivity index (χ3v) is 2.75. The molecule has 0 fully saturated rings. The maximum absolute atomic E-state index is 12.2. The Morgan fingerprint density at radius 1 is 1.45 bits per heavy atom. The summed E-state index contributed by atoms with van der Waals surface area (Å²) >= 11 is 0. The fourth-order valence-corrected chi connectivity index (χ4v) is 1.47. The van der Waals surface area contributed by atoms with Gasteiger partial charge in [-0.15, -0.1) is 0 Å². The molecule has 10 heteroatoms. The first-order chi connectivity index (χ1) is 9.17. The van der Waals surface area contributed by atoms with E-state index in [0.717, 1.165) is 12.3 Å². The van der Waals surface area contributed by atoms with Gasteiger partial charge in [0.1, 0.15) is 0 Å². The van der Waals surface area contributed by atoms with Crippen molar-refractivity contribution in [1.29, 1.82) is 0 Å². The van der Waals surface area contributed by atoms with Crippen molar-refractivity contribution in [2.75, 3.05) is 6.61 Å². The molecule has 0 aromatic carbocycles. The number of hydrogen-bond donors (Lipinski definition) is 0. The van der Waals surface area contributed by atoms with Crippen molar-refractivity contribution in [3.63, 3.8) is 0 Å². The minimum atomic E-state index is -5.92. The van der Waals surface area contributed by atoms with Gasteiger partial charge in [-0.3, -0.25) is 0 Å². The lowest BCUT2D eigenvalue weighted by molar-refractivity contribution is -0.137. The Kier molecular flexibility index (Phi) is 4.82. The summed E-state index contributed by atoms with van der Waals surface area (Å²) in [7, 11) is -5.92. The van der Waals surface area contributed by atoms with Gasteiger partial charge in [0.25, 0.3) is 0 Å². The molecule has 0 N–H and O–H groups in total. The first-order valence-corrected chi connectivity index (χ1v) is 6.51. The van der Waals surface area contributed by atoms with Crippen LogP contribution in [0, 0.1) is 0 Å². The predicted molar refractivity (Wildman–Crippen MR) is 59.4 cm³/mol. The van der Waals surface area contributed by atoms with Crippen molar-refractivity contribution in [1.82, 2.24) is 0 Å². The molecular formula is C10H9F3O6S. The van der Waals surface area contributed by atoms with Gasteiger partial charge >= 0.3 is 21.6 Å². The number of rotatable bonds is 5. The molecule has 1 heterocycles. The molecule has 1 rings (SSSR count). The molecule has 0 atom stereocenters. The highest BCUT2D eigenvalue weighted by atomic mass is 32.2. The van der Waals surface area contributed by atoms with Gasteiger partial charge < -0.3 is 13.3 Å². The van der Waals surface area contributed by atoms with Crippen LogP contribution in [0.1, 0.15) is 12.7 Å². The molecule has 20 heavy (non-hydrogen) atoms. The Bertz CT molecular complexity index is 585. The highest BCUT2D eigenvalue weighted by molar-refractivity contribution is 7.87. The maximum atomic E-state index is 12.2. The molecule has 0 bridgehead atoms. The van der Waals surface area contributed by atoms with Gasteiger partial charge in [0.15, 0.2) is 11.5 Å². The van der Waals surface area contributed by atoms with Crippen molar-refractivity contribution < 1.29 is 39.7 Å². The van der Waals surface area contributed by atoms with E-state index in [-0.39, 0.29) is 12.4 Å². The van der Waals surface area contributed by atoms with E-state index in [4.69, 9.17) is 4.42 Å². The van der Waals surface area contributed by atoms with Crippen LogP contribution in [0.2, 0.25) is 0 Å². The van der Waals surface area contributed by atoms with Crippen LogP contribution in [0.5, 0.6) is 0 Å². The number of carbonyl (C=O) groups is 1. The average Bonchev–Trinajstić information content (AvgIpc) is 2.79. The second kappa shape index (κ2) is 5.99. The van der Waals surface area contributed by atoms with E-state index in [1.807, 2.05) is 0 Å². The summed E-state index contributed by atoms with van der Waals surface area (Å²) in [6.07, 6.45) is 1.52. The molecule has 1 aromatic rings. The van der Waals surface area contributed by atoms with E-state index in [0.29, 0.717) is 6.08 Å². The molecule has 0 aliphatic carbocycles. The molecule has 1 aromatic heterocycles. The van der Waals surface area contributed by atoms with Crippen molar-refractivity contribution in [3.8, 4) is 0 Å². The van der Waals surface area contributed by atoms with Crippen molar-refractivity contribution in [2.45, 2.75) is 12.4 Å². The number of halogens is 3. The molecule has 0 aliphatic heterocycles. The summed E-state index contributed by atoms with van der Waals surface area (Å²) in [5.74, 6) is -2.37. The summed E-state index contributed by atoms with van der Waals surface area (Å²) in [6, 6.07) is 2.40. The van der Waals surface area contributed by atoms with E-state index >= 15 is 0 Å². The number of ether oxygens (including phenoxy) is 1. The maximum Gasteiger partial charge on any atom is 0.534 e. The van der Waals surface area contributed by atoms with Crippen molar-refractivity contribution in [2.24, 2.45) is 0 Å². The van der Waals surface area contributed by atoms with Crippen LogP contribution in [0.25, 0.3) is 5.76 Å². The zero-order chi connectivity index (χ0) is 15.4. The largest absolute Gasteiger partial charge is 0.534 e. The second-order valence-electron chi connectivity index (χ2n) is 3.22. The Hall–Kier alpha value is -1.97. The number of hydrogen-bond acceptors (Lipinski definition) is 6. The third-order valence-electron chi connectivity index (χ3n) is 1.78. The van der Waals surface area contributed by atoms with Crippen LogP contribution in [-0.4, -0.2) is 26.5 Å². The minimum Gasteiger partial charge on any atom is -0.463 e. The molecule has 0 aliphatic rings. The topological polar surface area (TPSA) is 82.8 Å². The minimum absolute atomic E-state index is 0.0488. The first-order valence-electron chi connectivity index (χ1n) is 5.10. The smallest absolute Gasteiger partial charge is 0.463 e. The zero-order valence-corrected chi connectivity index (χ0v) is 10.8. The van der Waals surface area contributed by atoms with Crippen LogP contribution >= 0.6 is 0 Å². The van der Waals surface area contributed by atoms with Gasteiger partial charge in [-0.1, -0.05) is 0 Å². The van der Waals surface area contributed by atoms with Gasteiger partial charge in [0.05, 0.1) is 18.9 Å². The Labute approximate surface area is 111 Å². The molecule has 112 valence electrons. The highest BCUT2D eigenvalue weighted by Crippen LogP contribution is 2.29. The number of furan rings is 1. The molecular weight excluding hydrogens is 305 g/mol. The van der Waals surface area contributed by atoms with Crippen LogP contribution in [0.3, 0.4) is 0 Å². The van der Waals surface area contributed by atoms with E-state index in [9.17, 15) is 26.4 Å². The number of alkyl halides is 3. The monoisotopic (exact) mass is 314 g/mol. The summed E-state index contributed by atoms with van der Waals surface area (Å²) in [5, 5.41) is 0. The Morgan fingerprint density at radius 2 is 2.10 bits per heavy atom. The quantitative estimate of drug-likeness (QED) is 0.272. The zero-order valence-electron chi connectivity index (χ0n) is 10.0. The van der Waals surface area contributed by atoms with Gasteiger partial charge in [-0.05, 0) is 19.1 Å². The molecule has 0 spiro atoms. The summed E-state index contributed by atoms with van der Waals surface area (Å²) in [6.45, 7) is 1.42. The number of esters is 1. The summed E-state index contributed by atoms with van der Waals surface area (Å²) < 4.78 is 71.6. The van der Waals surface area contributed by atoms with Crippen molar-refractivity contribution >= 4 is 21.8 Å². The average molecular weight is 314 g/mol. The summed E-state index contributed by atoms with van der Waals surface area (Å²) in [5.41, 5.74) is -5.63. The van der Waals surface area contributed by atoms with Crippen LogP contribution in [-0.2, 0) is 23.8 Å². The Morgan fingerprint density at radius 3 is 2.55 bits per heavy atom. The van der Waals surface area contributed by atoms with E-state index in [1.54, 1.807) is 0 Å². The third kappa shape index (κ3) is 4.02. The van der Waals surface area contributed by atoms with Crippen LogP contribution in [0.4, 0.5) is 13.2 Å². The van der Waals surface area contributed by atoms with Gasteiger partial charge in [-0.2, -0.15) is 21.6 Å². The predicted octanol–water partition coefficient (Wildman–Crippen LogP) is 2.05. The van der Waals surface area contributed by atoms with E-state index in [1.165, 1.54) is 13.0 Å². The normalized spacial score (nSPS) is 13.1. The van der Waals surface area contributed by atoms with E-state index in [2.05, 4.69) is 8.92 Å². The lowest BCUT2D eigenvalue weighted by Crippen LogP contribution is -2.25. The SMILES string of the molecule is CCOC(=O)/C=C(\OS(=O)(=O)C(F)(F)F)c1ccco1. The van der Waals surface area contributed by atoms with Gasteiger partial charge in [0, 0.05) is 0 Å². The molecule has 0 saturated heterocycles. The molecule has 0 saturated carbocycles. The molecule has 0 amide bonds. The molecule has 0 unspecified atom stereocenters. The Balaban J connectivity index is 3.12. The number of carbonyl (C=O) groups excluding carboxylic acids is 1. The molecule has 6 nitrogen and oxygen atoms in total. The van der Waals surface area contributed by atoms with Crippen molar-refractivity contribution in [3.05, 3.63) is 30.2 Å². The lowest BCUT2D eigenvalue weighted by Gasteiger charge is -2.10.